The lowest BCUT2D eigenvalue weighted by atomic mass is 9.98. The highest BCUT2D eigenvalue weighted by molar-refractivity contribution is 9.10. The first-order valence-electron chi connectivity index (χ1n) is 6.22. The molecule has 0 radical (unpaired) electrons. The van der Waals surface area contributed by atoms with E-state index >= 15 is 0 Å². The molecule has 2 aromatic rings. The summed E-state index contributed by atoms with van der Waals surface area (Å²) in [6, 6.07) is 12.4. The van der Waals surface area contributed by atoms with Gasteiger partial charge in [-0.25, -0.2) is 0 Å². The maximum Gasteiger partial charge on any atom is 0.269 e. The molecular formula is C15H15BrN2O2. The normalized spacial score (nSPS) is 12.2. The van der Waals surface area contributed by atoms with Crippen LogP contribution in [0.2, 0.25) is 0 Å². The van der Waals surface area contributed by atoms with Crippen LogP contribution in [-0.2, 0) is 6.42 Å². The number of non-ortho nitro benzene ring substituents is 1. The predicted octanol–water partition coefficient (Wildman–Crippen LogP) is 3.91. The molecule has 4 nitrogen and oxygen atoms in total. The van der Waals surface area contributed by atoms with Gasteiger partial charge in [0.25, 0.3) is 5.69 Å². The summed E-state index contributed by atoms with van der Waals surface area (Å²) in [5.41, 5.74) is 9.51. The van der Waals surface area contributed by atoms with E-state index in [0.717, 1.165) is 21.2 Å². The largest absolute Gasteiger partial charge is 0.324 e. The van der Waals surface area contributed by atoms with E-state index in [-0.39, 0.29) is 11.7 Å². The smallest absolute Gasteiger partial charge is 0.269 e. The Bertz CT molecular complexity index is 626. The Morgan fingerprint density at radius 1 is 1.25 bits per heavy atom. The van der Waals surface area contributed by atoms with Crippen molar-refractivity contribution in [3.8, 4) is 0 Å². The van der Waals surface area contributed by atoms with E-state index in [1.807, 2.05) is 19.1 Å². The number of benzene rings is 2. The van der Waals surface area contributed by atoms with Gasteiger partial charge in [0.15, 0.2) is 0 Å². The SMILES string of the molecule is Cc1ccc(Br)c(C(N)Cc2ccc([N+](=O)[O-])cc2)c1. The van der Waals surface area contributed by atoms with Crippen LogP contribution in [0.1, 0.15) is 22.7 Å². The molecule has 0 aliphatic carbocycles. The predicted molar refractivity (Wildman–Crippen MR) is 82.6 cm³/mol. The van der Waals surface area contributed by atoms with E-state index in [2.05, 4.69) is 22.0 Å². The Kier molecular flexibility index (Phi) is 4.52. The third kappa shape index (κ3) is 3.43. The third-order valence-corrected chi connectivity index (χ3v) is 3.88. The Morgan fingerprint density at radius 3 is 2.50 bits per heavy atom. The lowest BCUT2D eigenvalue weighted by Gasteiger charge is -2.14. The summed E-state index contributed by atoms with van der Waals surface area (Å²) in [5, 5.41) is 10.6. The third-order valence-electron chi connectivity index (χ3n) is 3.15. The average molecular weight is 335 g/mol. The highest BCUT2D eigenvalue weighted by Gasteiger charge is 2.12. The number of nitrogens with two attached hydrogens (primary N) is 1. The zero-order valence-corrected chi connectivity index (χ0v) is 12.6. The van der Waals surface area contributed by atoms with Gasteiger partial charge in [-0.1, -0.05) is 45.8 Å². The van der Waals surface area contributed by atoms with E-state index in [9.17, 15) is 10.1 Å². The summed E-state index contributed by atoms with van der Waals surface area (Å²) in [6.45, 7) is 2.02. The number of nitrogens with zero attached hydrogens (tertiary/aromatic N) is 1. The Balaban J connectivity index is 2.16. The molecule has 0 spiro atoms. The van der Waals surface area contributed by atoms with E-state index in [1.54, 1.807) is 12.1 Å². The van der Waals surface area contributed by atoms with Gasteiger partial charge in [0, 0.05) is 22.6 Å². The topological polar surface area (TPSA) is 69.2 Å². The highest BCUT2D eigenvalue weighted by Crippen LogP contribution is 2.26. The van der Waals surface area contributed by atoms with Crippen LogP contribution >= 0.6 is 15.9 Å². The zero-order chi connectivity index (χ0) is 14.7. The number of halogens is 1. The van der Waals surface area contributed by atoms with Crippen molar-refractivity contribution in [1.82, 2.24) is 0 Å². The van der Waals surface area contributed by atoms with Gasteiger partial charge in [-0.05, 0) is 30.5 Å². The van der Waals surface area contributed by atoms with Crippen LogP contribution in [0.3, 0.4) is 0 Å². The van der Waals surface area contributed by atoms with Crippen LogP contribution in [0.5, 0.6) is 0 Å². The molecular weight excluding hydrogens is 320 g/mol. The summed E-state index contributed by atoms with van der Waals surface area (Å²) in [7, 11) is 0. The van der Waals surface area contributed by atoms with Gasteiger partial charge in [-0.2, -0.15) is 0 Å². The van der Waals surface area contributed by atoms with Gasteiger partial charge in [0.05, 0.1) is 4.92 Å². The molecule has 5 heteroatoms. The van der Waals surface area contributed by atoms with Gasteiger partial charge in [-0.3, -0.25) is 10.1 Å². The summed E-state index contributed by atoms with van der Waals surface area (Å²) < 4.78 is 0.984. The van der Waals surface area contributed by atoms with Crippen molar-refractivity contribution in [2.75, 3.05) is 0 Å². The number of nitro groups is 1. The molecule has 0 saturated heterocycles. The minimum absolute atomic E-state index is 0.0963. The van der Waals surface area contributed by atoms with Gasteiger partial charge in [-0.15, -0.1) is 0 Å². The van der Waals surface area contributed by atoms with Crippen molar-refractivity contribution in [3.63, 3.8) is 0 Å². The molecule has 0 aliphatic rings. The Hall–Kier alpha value is -1.72. The fraction of sp³-hybridized carbons (Fsp3) is 0.200. The van der Waals surface area contributed by atoms with Crippen LogP contribution in [0.15, 0.2) is 46.9 Å². The van der Waals surface area contributed by atoms with Crippen LogP contribution < -0.4 is 5.73 Å². The van der Waals surface area contributed by atoms with Crippen molar-refractivity contribution in [1.29, 1.82) is 0 Å². The number of rotatable bonds is 4. The average Bonchev–Trinajstić information content (AvgIpc) is 2.42. The van der Waals surface area contributed by atoms with Crippen molar-refractivity contribution >= 4 is 21.6 Å². The molecule has 1 unspecified atom stereocenters. The second-order valence-electron chi connectivity index (χ2n) is 4.76. The lowest BCUT2D eigenvalue weighted by Crippen LogP contribution is -2.14. The number of aryl methyl sites for hydroxylation is 1. The second-order valence-corrected chi connectivity index (χ2v) is 5.61. The molecule has 2 N–H and O–H groups in total. The lowest BCUT2D eigenvalue weighted by molar-refractivity contribution is -0.384. The van der Waals surface area contributed by atoms with E-state index in [1.165, 1.54) is 12.1 Å². The molecule has 2 rings (SSSR count). The van der Waals surface area contributed by atoms with Crippen molar-refractivity contribution in [2.45, 2.75) is 19.4 Å². The molecule has 0 aliphatic heterocycles. The van der Waals surface area contributed by atoms with Crippen molar-refractivity contribution < 1.29 is 4.92 Å². The molecule has 0 aromatic heterocycles. The van der Waals surface area contributed by atoms with Crippen molar-refractivity contribution in [3.05, 3.63) is 73.7 Å². The molecule has 20 heavy (non-hydrogen) atoms. The molecule has 2 aromatic carbocycles. The van der Waals surface area contributed by atoms with Gasteiger partial charge in [0.2, 0.25) is 0 Å². The minimum Gasteiger partial charge on any atom is -0.324 e. The molecule has 0 amide bonds. The van der Waals surface area contributed by atoms with E-state index in [0.29, 0.717) is 6.42 Å². The highest BCUT2D eigenvalue weighted by atomic mass is 79.9. The van der Waals surface area contributed by atoms with E-state index in [4.69, 9.17) is 5.73 Å². The van der Waals surface area contributed by atoms with Crippen LogP contribution in [-0.4, -0.2) is 4.92 Å². The fourth-order valence-corrected chi connectivity index (χ4v) is 2.61. The number of hydrogen-bond acceptors (Lipinski definition) is 3. The standard InChI is InChI=1S/C15H15BrN2O2/c1-10-2-7-14(16)13(8-10)15(17)9-11-3-5-12(6-4-11)18(19)20/h2-8,15H,9,17H2,1H3. The van der Waals surface area contributed by atoms with Gasteiger partial charge in [0.1, 0.15) is 0 Å². The van der Waals surface area contributed by atoms with Crippen LogP contribution in [0.4, 0.5) is 5.69 Å². The first-order valence-corrected chi connectivity index (χ1v) is 7.01. The maximum absolute atomic E-state index is 10.6. The van der Waals surface area contributed by atoms with Crippen LogP contribution in [0, 0.1) is 17.0 Å². The molecule has 0 saturated carbocycles. The second kappa shape index (κ2) is 6.15. The summed E-state index contributed by atoms with van der Waals surface area (Å²) >= 11 is 3.51. The van der Waals surface area contributed by atoms with E-state index < -0.39 is 4.92 Å². The summed E-state index contributed by atoms with van der Waals surface area (Å²) in [5.74, 6) is 0. The fourth-order valence-electron chi connectivity index (χ4n) is 2.06. The van der Waals surface area contributed by atoms with Crippen molar-refractivity contribution in [2.24, 2.45) is 5.73 Å². The Morgan fingerprint density at radius 2 is 1.90 bits per heavy atom. The quantitative estimate of drug-likeness (QED) is 0.680. The first-order chi connectivity index (χ1) is 9.47. The molecule has 104 valence electrons. The minimum atomic E-state index is -0.402. The number of hydrogen-bond donors (Lipinski definition) is 1. The summed E-state index contributed by atoms with van der Waals surface area (Å²) in [6.07, 6.45) is 0.639. The molecule has 0 fully saturated rings. The van der Waals surface area contributed by atoms with Crippen LogP contribution in [0.25, 0.3) is 0 Å². The first kappa shape index (κ1) is 14.7. The zero-order valence-electron chi connectivity index (χ0n) is 11.0. The number of nitro benzene ring substituents is 1. The van der Waals surface area contributed by atoms with Gasteiger partial charge < -0.3 is 5.73 Å². The summed E-state index contributed by atoms with van der Waals surface area (Å²) in [4.78, 5) is 10.2. The molecule has 0 heterocycles. The Labute approximate surface area is 125 Å². The maximum atomic E-state index is 10.6. The molecule has 1 atom stereocenters. The van der Waals surface area contributed by atoms with Gasteiger partial charge >= 0.3 is 0 Å². The molecule has 0 bridgehead atoms. The monoisotopic (exact) mass is 334 g/mol.